The van der Waals surface area contributed by atoms with Crippen molar-refractivity contribution in [1.29, 1.82) is 0 Å². The SMILES string of the molecule is C/C=C/CCC1COC(CCc2ccc3c(F)c(CCc4ccc(F)c(F)c4)ccc3c2)OC1. The molecule has 0 aliphatic carbocycles. The lowest BCUT2D eigenvalue weighted by atomic mass is 9.98. The van der Waals surface area contributed by atoms with E-state index in [1.165, 1.54) is 12.1 Å². The van der Waals surface area contributed by atoms with Crippen molar-refractivity contribution in [2.45, 2.75) is 51.7 Å². The van der Waals surface area contributed by atoms with Gasteiger partial charge in [-0.3, -0.25) is 0 Å². The van der Waals surface area contributed by atoms with Gasteiger partial charge in [0, 0.05) is 17.7 Å². The van der Waals surface area contributed by atoms with Gasteiger partial charge >= 0.3 is 0 Å². The van der Waals surface area contributed by atoms with Gasteiger partial charge in [0.15, 0.2) is 17.9 Å². The van der Waals surface area contributed by atoms with Gasteiger partial charge in [0.2, 0.25) is 0 Å². The van der Waals surface area contributed by atoms with Gasteiger partial charge in [-0.15, -0.1) is 0 Å². The normalized spacial score (nSPS) is 18.7. The van der Waals surface area contributed by atoms with Crippen LogP contribution in [0.2, 0.25) is 0 Å². The molecule has 1 aliphatic rings. The van der Waals surface area contributed by atoms with Crippen molar-refractivity contribution in [3.63, 3.8) is 0 Å². The van der Waals surface area contributed by atoms with Crippen molar-refractivity contribution in [3.05, 3.63) is 94.8 Å². The highest BCUT2D eigenvalue weighted by molar-refractivity contribution is 5.84. The molecule has 0 radical (unpaired) electrons. The molecular formula is C29H31F3O2. The Kier molecular flexibility index (Phi) is 8.41. The molecule has 34 heavy (non-hydrogen) atoms. The average molecular weight is 469 g/mol. The molecule has 0 saturated carbocycles. The van der Waals surface area contributed by atoms with E-state index in [1.54, 1.807) is 6.07 Å². The summed E-state index contributed by atoms with van der Waals surface area (Å²) < 4.78 is 53.4. The molecule has 1 saturated heterocycles. The van der Waals surface area contributed by atoms with E-state index in [-0.39, 0.29) is 12.1 Å². The monoisotopic (exact) mass is 468 g/mol. The van der Waals surface area contributed by atoms with Gasteiger partial charge < -0.3 is 9.47 Å². The molecule has 0 aromatic heterocycles. The van der Waals surface area contributed by atoms with E-state index >= 15 is 4.39 Å². The number of ether oxygens (including phenoxy) is 2. The summed E-state index contributed by atoms with van der Waals surface area (Å²) >= 11 is 0. The molecule has 1 aliphatic heterocycles. The second-order valence-electron chi connectivity index (χ2n) is 8.99. The number of hydrogen-bond donors (Lipinski definition) is 0. The van der Waals surface area contributed by atoms with Gasteiger partial charge in [0.1, 0.15) is 5.82 Å². The van der Waals surface area contributed by atoms with Crippen LogP contribution < -0.4 is 0 Å². The molecule has 0 amide bonds. The van der Waals surface area contributed by atoms with Crippen LogP contribution in [0.15, 0.2) is 60.7 Å². The number of rotatable bonds is 9. The fourth-order valence-corrected chi connectivity index (χ4v) is 4.41. The molecule has 5 heteroatoms. The van der Waals surface area contributed by atoms with Crippen LogP contribution in [0.25, 0.3) is 10.8 Å². The summed E-state index contributed by atoms with van der Waals surface area (Å²) in [6.45, 7) is 3.50. The number of aryl methyl sites for hydroxylation is 3. The van der Waals surface area contributed by atoms with E-state index in [1.807, 2.05) is 31.2 Å². The van der Waals surface area contributed by atoms with E-state index in [2.05, 4.69) is 12.2 Å². The Morgan fingerprint density at radius 1 is 0.824 bits per heavy atom. The lowest BCUT2D eigenvalue weighted by Crippen LogP contribution is -2.32. The number of hydrogen-bond acceptors (Lipinski definition) is 2. The first-order valence-corrected chi connectivity index (χ1v) is 12.0. The third-order valence-corrected chi connectivity index (χ3v) is 6.45. The van der Waals surface area contributed by atoms with E-state index in [0.29, 0.717) is 35.3 Å². The molecule has 0 bridgehead atoms. The summed E-state index contributed by atoms with van der Waals surface area (Å²) in [6, 6.07) is 13.3. The van der Waals surface area contributed by atoms with Crippen molar-refractivity contribution in [2.75, 3.05) is 13.2 Å². The molecule has 0 spiro atoms. The molecule has 0 unspecified atom stereocenters. The molecule has 2 nitrogen and oxygen atoms in total. The van der Waals surface area contributed by atoms with E-state index in [0.717, 1.165) is 55.9 Å². The summed E-state index contributed by atoms with van der Waals surface area (Å²) in [7, 11) is 0. The summed E-state index contributed by atoms with van der Waals surface area (Å²) in [4.78, 5) is 0. The van der Waals surface area contributed by atoms with E-state index in [4.69, 9.17) is 9.47 Å². The van der Waals surface area contributed by atoms with Gasteiger partial charge in [-0.25, -0.2) is 13.2 Å². The third-order valence-electron chi connectivity index (χ3n) is 6.45. The zero-order valence-electron chi connectivity index (χ0n) is 19.5. The molecule has 3 aromatic carbocycles. The van der Waals surface area contributed by atoms with Gasteiger partial charge in [-0.1, -0.05) is 48.6 Å². The summed E-state index contributed by atoms with van der Waals surface area (Å²) in [5.41, 5.74) is 2.33. The Balaban J connectivity index is 1.32. The molecule has 1 heterocycles. The molecule has 0 atom stereocenters. The van der Waals surface area contributed by atoms with E-state index < -0.39 is 11.6 Å². The predicted molar refractivity (Wildman–Crippen MR) is 129 cm³/mol. The molecule has 180 valence electrons. The lowest BCUT2D eigenvalue weighted by Gasteiger charge is -2.29. The quantitative estimate of drug-likeness (QED) is 0.306. The topological polar surface area (TPSA) is 18.5 Å². The van der Waals surface area contributed by atoms with Crippen molar-refractivity contribution >= 4 is 10.8 Å². The minimum absolute atomic E-state index is 0.191. The summed E-state index contributed by atoms with van der Waals surface area (Å²) in [5, 5.41) is 1.42. The summed E-state index contributed by atoms with van der Waals surface area (Å²) in [5.74, 6) is -1.55. The molecule has 4 rings (SSSR count). The lowest BCUT2D eigenvalue weighted by molar-refractivity contribution is -0.203. The van der Waals surface area contributed by atoms with Gasteiger partial charge in [-0.2, -0.15) is 0 Å². The number of halogens is 3. The highest BCUT2D eigenvalue weighted by atomic mass is 19.2. The first-order chi connectivity index (χ1) is 16.5. The van der Waals surface area contributed by atoms with Crippen LogP contribution in [0.3, 0.4) is 0 Å². The van der Waals surface area contributed by atoms with Crippen molar-refractivity contribution in [1.82, 2.24) is 0 Å². The largest absolute Gasteiger partial charge is 0.352 e. The minimum Gasteiger partial charge on any atom is -0.352 e. The highest BCUT2D eigenvalue weighted by Crippen LogP contribution is 2.25. The first kappa shape index (κ1) is 24.5. The smallest absolute Gasteiger partial charge is 0.159 e. The maximum absolute atomic E-state index is 15.1. The Labute approximate surface area is 199 Å². The molecule has 1 fully saturated rings. The third kappa shape index (κ3) is 6.28. The average Bonchev–Trinajstić information content (AvgIpc) is 2.85. The fraction of sp³-hybridized carbons (Fsp3) is 0.379. The molecule has 3 aromatic rings. The minimum atomic E-state index is -0.878. The van der Waals surface area contributed by atoms with Crippen LogP contribution in [0.4, 0.5) is 13.2 Å². The standard InChI is InChI=1S/C29H31F3O2/c1-2-3-4-5-22-18-33-28(34-19-22)15-9-20-7-13-25-24(16-20)12-11-23(29(25)32)10-6-21-8-14-26(30)27(31)17-21/h2-3,7-8,11-14,16-17,22,28H,4-6,9-10,15,18-19H2,1H3/b3-2+. The zero-order chi connectivity index (χ0) is 23.9. The van der Waals surface area contributed by atoms with Gasteiger partial charge in [-0.05, 0) is 73.2 Å². The number of benzene rings is 3. The van der Waals surface area contributed by atoms with Gasteiger partial charge in [0.25, 0.3) is 0 Å². The van der Waals surface area contributed by atoms with Crippen LogP contribution >= 0.6 is 0 Å². The number of fused-ring (bicyclic) bond motifs is 1. The Bertz CT molecular complexity index is 1130. The predicted octanol–water partition coefficient (Wildman–Crippen LogP) is 7.32. The first-order valence-electron chi connectivity index (χ1n) is 12.0. The fourth-order valence-electron chi connectivity index (χ4n) is 4.41. The van der Waals surface area contributed by atoms with Crippen LogP contribution in [0.1, 0.15) is 42.9 Å². The van der Waals surface area contributed by atoms with Crippen LogP contribution in [-0.2, 0) is 28.7 Å². The van der Waals surface area contributed by atoms with Crippen LogP contribution in [0.5, 0.6) is 0 Å². The Hall–Kier alpha value is -2.63. The second-order valence-corrected chi connectivity index (χ2v) is 8.99. The van der Waals surface area contributed by atoms with Crippen molar-refractivity contribution in [3.8, 4) is 0 Å². The molecule has 0 N–H and O–H groups in total. The molecular weight excluding hydrogens is 437 g/mol. The van der Waals surface area contributed by atoms with Crippen LogP contribution in [-0.4, -0.2) is 19.5 Å². The van der Waals surface area contributed by atoms with E-state index in [9.17, 15) is 8.78 Å². The Morgan fingerprint density at radius 2 is 1.59 bits per heavy atom. The summed E-state index contributed by atoms with van der Waals surface area (Å²) in [6.07, 6.45) is 8.60. The maximum Gasteiger partial charge on any atom is 0.159 e. The Morgan fingerprint density at radius 3 is 2.35 bits per heavy atom. The van der Waals surface area contributed by atoms with Crippen molar-refractivity contribution in [2.24, 2.45) is 5.92 Å². The van der Waals surface area contributed by atoms with Gasteiger partial charge in [0.05, 0.1) is 13.2 Å². The maximum atomic E-state index is 15.1. The zero-order valence-corrected chi connectivity index (χ0v) is 19.5. The number of allylic oxidation sites excluding steroid dienone is 2. The second kappa shape index (κ2) is 11.7. The van der Waals surface area contributed by atoms with Crippen LogP contribution in [0, 0.1) is 23.4 Å². The highest BCUT2D eigenvalue weighted by Gasteiger charge is 2.21. The van der Waals surface area contributed by atoms with Crippen molar-refractivity contribution < 1.29 is 22.6 Å².